The number of aliphatic carboxylic acids is 1. The van der Waals surface area contributed by atoms with Crippen LogP contribution in [0.4, 0.5) is 0 Å². The van der Waals surface area contributed by atoms with E-state index >= 15 is 0 Å². The number of fused-ring (bicyclic) bond motifs is 14. The quantitative estimate of drug-likeness (QED) is 0.0539. The first-order valence-corrected chi connectivity index (χ1v) is 14.2. The molecule has 2 bridgehead atoms. The molecule has 3 saturated heterocycles. The van der Waals surface area contributed by atoms with Crippen LogP contribution in [-0.2, 0) is 46.7 Å². The van der Waals surface area contributed by atoms with Gasteiger partial charge in [0.25, 0.3) is 0 Å². The maximum Gasteiger partial charge on any atom is 0.305 e. The minimum Gasteiger partial charge on any atom is -0.481 e. The highest BCUT2D eigenvalue weighted by Crippen LogP contribution is 2.18. The molecule has 0 unspecified atom stereocenters. The summed E-state index contributed by atoms with van der Waals surface area (Å²) in [5.41, 5.74) is 12.4. The number of hydrogen-bond acceptors (Lipinski definition) is 9. The van der Waals surface area contributed by atoms with Gasteiger partial charge in [-0.3, -0.25) is 39.0 Å². The summed E-state index contributed by atoms with van der Waals surface area (Å²) in [6.45, 7) is -0.645. The van der Waals surface area contributed by atoms with Gasteiger partial charge in [-0.2, -0.15) is 0 Å². The Morgan fingerprint density at radius 3 is 2.22 bits per heavy atom. The van der Waals surface area contributed by atoms with Gasteiger partial charge in [0, 0.05) is 26.2 Å². The molecule has 3 aliphatic rings. The number of carboxylic acids is 1. The molecular formula is C27H38N10O8. The van der Waals surface area contributed by atoms with Crippen LogP contribution in [0, 0.1) is 5.41 Å². The van der Waals surface area contributed by atoms with E-state index in [2.05, 4.69) is 31.9 Å². The fraction of sp³-hybridized carbons (Fsp3) is 0.481. The van der Waals surface area contributed by atoms with Crippen LogP contribution in [-0.4, -0.2) is 101 Å². The maximum absolute atomic E-state index is 13.7. The largest absolute Gasteiger partial charge is 0.481 e. The van der Waals surface area contributed by atoms with E-state index in [0.29, 0.717) is 5.56 Å². The molecule has 1 aromatic rings. The summed E-state index contributed by atoms with van der Waals surface area (Å²) in [7, 11) is 0. The van der Waals surface area contributed by atoms with Crippen molar-refractivity contribution in [2.75, 3.05) is 19.6 Å². The first-order valence-electron chi connectivity index (χ1n) is 14.2. The van der Waals surface area contributed by atoms with Crippen LogP contribution in [0.15, 0.2) is 24.3 Å². The van der Waals surface area contributed by atoms with Gasteiger partial charge in [-0.15, -0.1) is 0 Å². The second kappa shape index (κ2) is 16.0. The molecule has 0 aromatic heterocycles. The summed E-state index contributed by atoms with van der Waals surface area (Å²) < 4.78 is 0. The van der Waals surface area contributed by atoms with Crippen molar-refractivity contribution in [3.05, 3.63) is 35.4 Å². The lowest BCUT2D eigenvalue weighted by Gasteiger charge is -2.39. The van der Waals surface area contributed by atoms with Crippen molar-refractivity contribution < 1.29 is 38.7 Å². The van der Waals surface area contributed by atoms with Crippen LogP contribution in [0.3, 0.4) is 0 Å². The topological polar surface area (TPSA) is 291 Å². The molecule has 4 atom stereocenters. The lowest BCUT2D eigenvalue weighted by molar-refractivity contribution is -0.151. The van der Waals surface area contributed by atoms with Crippen LogP contribution in [0.2, 0.25) is 0 Å². The van der Waals surface area contributed by atoms with Crippen molar-refractivity contribution in [1.82, 2.24) is 36.8 Å². The predicted octanol–water partition coefficient (Wildman–Crippen LogP) is -4.32. The smallest absolute Gasteiger partial charge is 0.305 e. The molecule has 244 valence electrons. The van der Waals surface area contributed by atoms with Crippen molar-refractivity contribution in [2.45, 2.75) is 62.9 Å². The van der Waals surface area contributed by atoms with Gasteiger partial charge < -0.3 is 53.4 Å². The molecule has 3 fully saturated rings. The molecule has 0 radical (unpaired) electrons. The van der Waals surface area contributed by atoms with Crippen molar-refractivity contribution in [3.63, 3.8) is 0 Å². The van der Waals surface area contributed by atoms with Crippen molar-refractivity contribution in [2.24, 2.45) is 11.5 Å². The average Bonchev–Trinajstić information content (AvgIpc) is 2.98. The second-order valence-corrected chi connectivity index (χ2v) is 10.6. The number of piperazine rings is 1. The number of guanidine groups is 1. The number of nitrogens with two attached hydrogens (primary N) is 2. The molecule has 45 heavy (non-hydrogen) atoms. The van der Waals surface area contributed by atoms with E-state index in [9.17, 15) is 38.7 Å². The van der Waals surface area contributed by atoms with Crippen molar-refractivity contribution >= 4 is 47.4 Å². The Kier molecular flexibility index (Phi) is 12.2. The predicted molar refractivity (Wildman–Crippen MR) is 157 cm³/mol. The maximum atomic E-state index is 13.7. The first-order chi connectivity index (χ1) is 21.4. The Bertz CT molecular complexity index is 1320. The van der Waals surface area contributed by atoms with Crippen LogP contribution in [0.5, 0.6) is 0 Å². The molecule has 12 N–H and O–H groups in total. The molecule has 0 aliphatic carbocycles. The fourth-order valence-electron chi connectivity index (χ4n) is 4.81. The zero-order valence-corrected chi connectivity index (χ0v) is 24.4. The lowest BCUT2D eigenvalue weighted by atomic mass is 10.0. The number of hydrogen-bond donors (Lipinski definition) is 10. The summed E-state index contributed by atoms with van der Waals surface area (Å²) in [5.74, 6) is -6.31. The van der Waals surface area contributed by atoms with Gasteiger partial charge in [-0.05, 0) is 24.0 Å². The number of nitrogens with zero attached hydrogens (tertiary/aromatic N) is 1. The lowest BCUT2D eigenvalue weighted by Crippen LogP contribution is -2.66. The third-order valence-corrected chi connectivity index (χ3v) is 7.14. The Morgan fingerprint density at radius 2 is 1.58 bits per heavy atom. The number of carbonyl (C=O) groups excluding carboxylic acids is 6. The summed E-state index contributed by atoms with van der Waals surface area (Å²) in [4.78, 5) is 91.2. The summed E-state index contributed by atoms with van der Waals surface area (Å²) in [6, 6.07) is 1.66. The van der Waals surface area contributed by atoms with E-state index in [1.54, 1.807) is 24.3 Å². The van der Waals surface area contributed by atoms with Gasteiger partial charge in [0.15, 0.2) is 5.96 Å². The number of carbonyl (C=O) groups is 7. The monoisotopic (exact) mass is 630 g/mol. The van der Waals surface area contributed by atoms with Crippen molar-refractivity contribution in [3.8, 4) is 0 Å². The Labute approximate surface area is 257 Å². The third-order valence-electron chi connectivity index (χ3n) is 7.14. The third kappa shape index (κ3) is 10.2. The summed E-state index contributed by atoms with van der Waals surface area (Å²) in [6.07, 6.45) is -1.00. The van der Waals surface area contributed by atoms with E-state index in [1.807, 2.05) is 0 Å². The average molecular weight is 631 g/mol. The molecule has 1 aromatic carbocycles. The van der Waals surface area contributed by atoms with E-state index in [1.165, 1.54) is 4.90 Å². The number of rotatable bonds is 9. The minimum atomic E-state index is -1.57. The standard InChI is InChI=1S/C27H38N10O8/c28-10-14-3-5-15(6-4-14)13-37-19-11-32-24(43)17(9-22(40)41)35-21(39)12-33-23(42)16(2-1-7-31-27(29)30)34-20(38)8-18(26(37)45)36-25(19)44/h3-6,16-19H,1-2,7-13,28H2,(H,32,43)(H,33,42)(H,34,38)(H,35,39)(H,36,44)(H,40,41)(H4,29,30,31)/t16-,17-,18+,19-/m0/s1. The number of nitrogens with one attached hydrogen (secondary N) is 7. The Balaban J connectivity index is 1.92. The van der Waals surface area contributed by atoms with Gasteiger partial charge in [0.2, 0.25) is 35.4 Å². The molecular weight excluding hydrogens is 592 g/mol. The summed E-state index contributed by atoms with van der Waals surface area (Å²) in [5, 5.41) is 31.2. The zero-order valence-electron chi connectivity index (χ0n) is 24.4. The molecule has 0 saturated carbocycles. The van der Waals surface area contributed by atoms with Gasteiger partial charge >= 0.3 is 5.97 Å². The minimum absolute atomic E-state index is 0.0431. The number of amides is 6. The number of benzene rings is 1. The second-order valence-electron chi connectivity index (χ2n) is 10.6. The molecule has 0 spiro atoms. The zero-order chi connectivity index (χ0) is 33.1. The molecule has 6 amide bonds. The van der Waals surface area contributed by atoms with Crippen LogP contribution in [0.1, 0.15) is 36.8 Å². The van der Waals surface area contributed by atoms with Gasteiger partial charge in [-0.1, -0.05) is 24.3 Å². The van der Waals surface area contributed by atoms with E-state index in [4.69, 9.17) is 16.9 Å². The summed E-state index contributed by atoms with van der Waals surface area (Å²) >= 11 is 0. The molecule has 4 rings (SSSR count). The molecule has 18 nitrogen and oxygen atoms in total. The fourth-order valence-corrected chi connectivity index (χ4v) is 4.81. The van der Waals surface area contributed by atoms with Crippen molar-refractivity contribution in [1.29, 1.82) is 5.41 Å². The van der Waals surface area contributed by atoms with E-state index in [0.717, 1.165) is 5.56 Å². The molecule has 3 aliphatic heterocycles. The highest BCUT2D eigenvalue weighted by Gasteiger charge is 2.42. The number of carboxylic acid groups (broad SMARTS) is 1. The van der Waals surface area contributed by atoms with Gasteiger partial charge in [0.1, 0.15) is 24.2 Å². The van der Waals surface area contributed by atoms with Crippen LogP contribution in [0.25, 0.3) is 0 Å². The first kappa shape index (κ1) is 34.2. The molecule has 3 heterocycles. The van der Waals surface area contributed by atoms with Gasteiger partial charge in [-0.25, -0.2) is 0 Å². The van der Waals surface area contributed by atoms with E-state index in [-0.39, 0.29) is 38.4 Å². The highest BCUT2D eigenvalue weighted by molar-refractivity contribution is 6.00. The van der Waals surface area contributed by atoms with Crippen LogP contribution < -0.4 is 43.4 Å². The SMILES string of the molecule is N=C(N)NCCC[C@@H]1NC(=O)C[C@H]2NC(=O)[C@H](CNC(=O)[C@H](CC(=O)O)NC(=O)CNC1=O)N(Cc1ccc(CN)cc1)C2=O. The highest BCUT2D eigenvalue weighted by atomic mass is 16.4. The normalized spacial score (nSPS) is 23.2. The molecule has 18 heteroatoms. The Morgan fingerprint density at radius 1 is 0.933 bits per heavy atom. The Hall–Kier alpha value is -5.26. The van der Waals surface area contributed by atoms with Gasteiger partial charge in [0.05, 0.1) is 19.4 Å². The van der Waals surface area contributed by atoms with E-state index < -0.39 is 91.5 Å². The van der Waals surface area contributed by atoms with Crippen LogP contribution >= 0.6 is 0 Å².